The highest BCUT2D eigenvalue weighted by Crippen LogP contribution is 2.23. The second-order valence-electron chi connectivity index (χ2n) is 4.24. The fourth-order valence-corrected chi connectivity index (χ4v) is 1.30. The van der Waals surface area contributed by atoms with E-state index in [9.17, 15) is 4.79 Å². The molecule has 0 saturated carbocycles. The monoisotopic (exact) mass is 201 g/mol. The molecule has 0 fully saturated rings. The molecule has 13 heavy (non-hydrogen) atoms. The maximum atomic E-state index is 10.4. The molecule has 1 atom stereocenters. The van der Waals surface area contributed by atoms with E-state index < -0.39 is 5.97 Å². The van der Waals surface area contributed by atoms with Gasteiger partial charge in [0.1, 0.15) is 0 Å². The van der Waals surface area contributed by atoms with Crippen molar-refractivity contribution in [3.05, 3.63) is 0 Å². The highest BCUT2D eigenvalue weighted by Gasteiger charge is 2.20. The number of carbonyl (C=O) groups is 1. The highest BCUT2D eigenvalue weighted by molar-refractivity contribution is 7.78. The lowest BCUT2D eigenvalue weighted by Gasteiger charge is -2.21. The standard InChI is InChI=1S/C9H15NO2S/c1-9(2,3)5-7(10-6-13)4-8(11)12/h7H,4-5H2,1-3H3,(H,11,12). The summed E-state index contributed by atoms with van der Waals surface area (Å²) in [6.07, 6.45) is 0.740. The van der Waals surface area contributed by atoms with Crippen LogP contribution in [-0.2, 0) is 4.79 Å². The zero-order chi connectivity index (χ0) is 10.5. The Morgan fingerprint density at radius 1 is 1.62 bits per heavy atom. The van der Waals surface area contributed by atoms with Crippen LogP contribution in [0, 0.1) is 5.41 Å². The number of nitrogens with zero attached hydrogens (tertiary/aromatic N) is 1. The molecule has 0 bridgehead atoms. The van der Waals surface area contributed by atoms with Crippen LogP contribution in [0.2, 0.25) is 0 Å². The van der Waals surface area contributed by atoms with Crippen LogP contribution in [0.3, 0.4) is 0 Å². The summed E-state index contributed by atoms with van der Waals surface area (Å²) >= 11 is 4.46. The molecule has 0 aliphatic heterocycles. The van der Waals surface area contributed by atoms with Gasteiger partial charge in [-0.1, -0.05) is 20.8 Å². The van der Waals surface area contributed by atoms with Gasteiger partial charge in [-0.15, -0.1) is 0 Å². The van der Waals surface area contributed by atoms with Crippen molar-refractivity contribution in [1.82, 2.24) is 0 Å². The number of carboxylic acids is 1. The van der Waals surface area contributed by atoms with Crippen molar-refractivity contribution in [2.75, 3.05) is 0 Å². The molecule has 0 aliphatic carbocycles. The number of carboxylic acid groups (broad SMARTS) is 1. The number of isothiocyanates is 1. The van der Waals surface area contributed by atoms with E-state index in [1.165, 1.54) is 0 Å². The Morgan fingerprint density at radius 2 is 2.15 bits per heavy atom. The van der Waals surface area contributed by atoms with Crippen LogP contribution in [0.4, 0.5) is 0 Å². The summed E-state index contributed by atoms with van der Waals surface area (Å²) in [6.45, 7) is 6.13. The number of rotatable bonds is 4. The third-order valence-electron chi connectivity index (χ3n) is 1.49. The van der Waals surface area contributed by atoms with E-state index in [2.05, 4.69) is 22.4 Å². The van der Waals surface area contributed by atoms with E-state index in [1.54, 1.807) is 0 Å². The highest BCUT2D eigenvalue weighted by atomic mass is 32.1. The van der Waals surface area contributed by atoms with Crippen molar-refractivity contribution >= 4 is 23.3 Å². The lowest BCUT2D eigenvalue weighted by Crippen LogP contribution is -2.19. The largest absolute Gasteiger partial charge is 0.481 e. The fraction of sp³-hybridized carbons (Fsp3) is 0.778. The van der Waals surface area contributed by atoms with Crippen LogP contribution in [0.25, 0.3) is 0 Å². The van der Waals surface area contributed by atoms with Gasteiger partial charge in [0.25, 0.3) is 0 Å². The summed E-state index contributed by atoms with van der Waals surface area (Å²) in [4.78, 5) is 14.3. The quantitative estimate of drug-likeness (QED) is 0.561. The van der Waals surface area contributed by atoms with Crippen LogP contribution in [0.15, 0.2) is 4.99 Å². The van der Waals surface area contributed by atoms with Crippen LogP contribution >= 0.6 is 12.2 Å². The summed E-state index contributed by atoms with van der Waals surface area (Å²) in [6, 6.07) is -0.241. The van der Waals surface area contributed by atoms with Crippen molar-refractivity contribution in [3.8, 4) is 0 Å². The molecular weight excluding hydrogens is 186 g/mol. The van der Waals surface area contributed by atoms with Crippen molar-refractivity contribution < 1.29 is 9.90 Å². The Kier molecular flexibility index (Phi) is 4.81. The summed E-state index contributed by atoms with van der Waals surface area (Å²) in [7, 11) is 0. The summed E-state index contributed by atoms with van der Waals surface area (Å²) in [5, 5.41) is 10.8. The molecule has 74 valence electrons. The van der Waals surface area contributed by atoms with Gasteiger partial charge in [-0.3, -0.25) is 4.79 Å². The molecule has 0 saturated heterocycles. The van der Waals surface area contributed by atoms with E-state index in [1.807, 2.05) is 20.8 Å². The Balaban J connectivity index is 4.26. The first-order chi connectivity index (χ1) is 5.85. The van der Waals surface area contributed by atoms with Crippen LogP contribution in [-0.4, -0.2) is 22.3 Å². The van der Waals surface area contributed by atoms with Gasteiger partial charge in [0, 0.05) is 0 Å². The molecule has 0 aromatic heterocycles. The Bertz CT molecular complexity index is 226. The van der Waals surface area contributed by atoms with E-state index in [4.69, 9.17) is 5.11 Å². The minimum absolute atomic E-state index is 0.0287. The minimum atomic E-state index is -0.844. The fourth-order valence-electron chi connectivity index (χ4n) is 1.15. The molecule has 0 heterocycles. The molecule has 0 rings (SSSR count). The predicted octanol–water partition coefficient (Wildman–Crippen LogP) is 2.37. The molecule has 0 spiro atoms. The first-order valence-corrected chi connectivity index (χ1v) is 4.55. The maximum Gasteiger partial charge on any atom is 0.305 e. The molecule has 1 unspecified atom stereocenters. The second-order valence-corrected chi connectivity index (χ2v) is 4.42. The summed E-state index contributed by atoms with van der Waals surface area (Å²) < 4.78 is 0. The third-order valence-corrected chi connectivity index (χ3v) is 1.60. The van der Waals surface area contributed by atoms with Crippen molar-refractivity contribution in [3.63, 3.8) is 0 Å². The number of thiocarbonyl (C=S) groups is 1. The van der Waals surface area contributed by atoms with Crippen LogP contribution < -0.4 is 0 Å². The lowest BCUT2D eigenvalue weighted by molar-refractivity contribution is -0.137. The van der Waals surface area contributed by atoms with Crippen LogP contribution in [0.5, 0.6) is 0 Å². The average Bonchev–Trinajstić information content (AvgIpc) is 1.81. The first kappa shape index (κ1) is 12.3. The van der Waals surface area contributed by atoms with Crippen molar-refractivity contribution in [1.29, 1.82) is 0 Å². The van der Waals surface area contributed by atoms with Crippen molar-refractivity contribution in [2.24, 2.45) is 10.4 Å². The van der Waals surface area contributed by atoms with E-state index >= 15 is 0 Å². The average molecular weight is 201 g/mol. The molecule has 0 aliphatic rings. The number of hydrogen-bond acceptors (Lipinski definition) is 3. The zero-order valence-corrected chi connectivity index (χ0v) is 9.02. The van der Waals surface area contributed by atoms with Gasteiger partial charge in [-0.05, 0) is 24.1 Å². The third kappa shape index (κ3) is 7.62. The molecule has 4 heteroatoms. The minimum Gasteiger partial charge on any atom is -0.481 e. The second kappa shape index (κ2) is 5.10. The normalized spacial score (nSPS) is 13.2. The smallest absolute Gasteiger partial charge is 0.305 e. The first-order valence-electron chi connectivity index (χ1n) is 4.14. The Labute approximate surface area is 83.9 Å². The van der Waals surface area contributed by atoms with Gasteiger partial charge in [-0.25, -0.2) is 4.99 Å². The number of hydrogen-bond donors (Lipinski definition) is 1. The van der Waals surface area contributed by atoms with Gasteiger partial charge in [0.2, 0.25) is 0 Å². The maximum absolute atomic E-state index is 10.4. The topological polar surface area (TPSA) is 49.7 Å². The van der Waals surface area contributed by atoms with Crippen molar-refractivity contribution in [2.45, 2.75) is 39.7 Å². The molecule has 3 nitrogen and oxygen atoms in total. The van der Waals surface area contributed by atoms with Gasteiger partial charge >= 0.3 is 5.97 Å². The molecule has 0 radical (unpaired) electrons. The predicted molar refractivity (Wildman–Crippen MR) is 55.1 cm³/mol. The number of aliphatic imine (C=N–C) groups is 1. The van der Waals surface area contributed by atoms with Gasteiger partial charge in [0.15, 0.2) is 0 Å². The van der Waals surface area contributed by atoms with Gasteiger partial charge in [0.05, 0.1) is 17.6 Å². The number of aliphatic carboxylic acids is 1. The van der Waals surface area contributed by atoms with Gasteiger partial charge < -0.3 is 5.11 Å². The molecular formula is C9H15NO2S. The van der Waals surface area contributed by atoms with E-state index in [0.29, 0.717) is 6.42 Å². The molecule has 0 aromatic rings. The lowest BCUT2D eigenvalue weighted by atomic mass is 9.87. The molecule has 1 N–H and O–H groups in total. The summed E-state index contributed by atoms with van der Waals surface area (Å²) in [5.74, 6) is -0.844. The molecule has 0 amide bonds. The zero-order valence-electron chi connectivity index (χ0n) is 8.20. The SMILES string of the molecule is CC(C)(C)CC(CC(=O)O)N=C=S. The summed E-state index contributed by atoms with van der Waals surface area (Å²) in [5.41, 5.74) is 0.0653. The Morgan fingerprint density at radius 3 is 2.46 bits per heavy atom. The van der Waals surface area contributed by atoms with E-state index in [0.717, 1.165) is 0 Å². The molecule has 0 aromatic carbocycles. The van der Waals surface area contributed by atoms with E-state index in [-0.39, 0.29) is 17.9 Å². The van der Waals surface area contributed by atoms with Gasteiger partial charge in [-0.2, -0.15) is 0 Å². The Hall–Kier alpha value is -0.730. The van der Waals surface area contributed by atoms with Crippen LogP contribution in [0.1, 0.15) is 33.6 Å².